The maximum atomic E-state index is 13.5. The van der Waals surface area contributed by atoms with Crippen molar-refractivity contribution < 1.29 is 13.2 Å². The molecule has 270 valence electrons. The van der Waals surface area contributed by atoms with Gasteiger partial charge in [-0.15, -0.1) is 0 Å². The molecule has 8 heteroatoms. The van der Waals surface area contributed by atoms with Crippen molar-refractivity contribution in [2.75, 3.05) is 0 Å². The Morgan fingerprint density at radius 1 is 0.551 bits per heavy atom. The van der Waals surface area contributed by atoms with Gasteiger partial charge in [-0.05, 0) is 118 Å². The first kappa shape index (κ1) is 44.4. The smallest absolute Gasteiger partial charge is 0.156 e. The molecule has 0 spiro atoms. The third kappa shape index (κ3) is 15.1. The quantitative estimate of drug-likeness (QED) is 0.166. The molecule has 0 bridgehead atoms. The summed E-state index contributed by atoms with van der Waals surface area (Å²) in [5.41, 5.74) is 7.19. The number of pyridine rings is 3. The first-order chi connectivity index (χ1) is 22.0. The third-order valence-electron chi connectivity index (χ3n) is 7.23. The molecule has 0 fully saturated rings. The van der Waals surface area contributed by atoms with Gasteiger partial charge in [0.05, 0.1) is 5.69 Å². The van der Waals surface area contributed by atoms with Crippen molar-refractivity contribution in [2.45, 2.75) is 132 Å². The predicted molar refractivity (Wildman–Crippen MR) is 208 cm³/mol. The molecule has 0 N–H and O–H groups in total. The first-order valence-electron chi connectivity index (χ1n) is 16.4. The van der Waals surface area contributed by atoms with Gasteiger partial charge in [-0.3, -0.25) is 4.98 Å². The van der Waals surface area contributed by atoms with E-state index in [2.05, 4.69) is 101 Å². The largest absolute Gasteiger partial charge is 0.257 e. The van der Waals surface area contributed by atoms with Crippen molar-refractivity contribution in [2.24, 2.45) is 0 Å². The summed E-state index contributed by atoms with van der Waals surface area (Å²) in [6, 6.07) is 14.1. The van der Waals surface area contributed by atoms with Crippen LogP contribution in [0.15, 0.2) is 57.7 Å². The maximum absolute atomic E-state index is 13.5. The second-order valence-corrected chi connectivity index (χ2v) is 18.1. The second kappa shape index (κ2) is 17.6. The average molecular weight is 808 g/mol. The molecule has 0 atom stereocenters. The SMILES string of the molecule is Cc1cc(Br)nc(C(C)(C)C)c1.Cc1cc(F)c(Br)nc1C(C)(C)C.Cc1cc(F)cc(C(C)(C)C)n1.Cc1cccc(C(C)(C)C)c1F. The highest BCUT2D eigenvalue weighted by molar-refractivity contribution is 9.10. The van der Waals surface area contributed by atoms with E-state index < -0.39 is 0 Å². The van der Waals surface area contributed by atoms with Gasteiger partial charge in [-0.25, -0.2) is 23.1 Å². The second-order valence-electron chi connectivity index (χ2n) is 16.5. The molecule has 4 rings (SSSR count). The molecule has 0 radical (unpaired) electrons. The minimum atomic E-state index is -0.300. The van der Waals surface area contributed by atoms with Crippen LogP contribution in [0, 0.1) is 45.1 Å². The Balaban J connectivity index is 0.000000327. The first-order valence-corrected chi connectivity index (χ1v) is 18.0. The Hall–Kier alpha value is -2.58. The molecular formula is C41H56Br2F3N3. The van der Waals surface area contributed by atoms with E-state index in [-0.39, 0.29) is 39.1 Å². The van der Waals surface area contributed by atoms with E-state index >= 15 is 0 Å². The van der Waals surface area contributed by atoms with Gasteiger partial charge in [-0.1, -0.05) is 101 Å². The molecule has 3 aromatic heterocycles. The number of nitrogens with zero attached hydrogens (tertiary/aromatic N) is 3. The fourth-order valence-electron chi connectivity index (χ4n) is 4.56. The highest BCUT2D eigenvalue weighted by atomic mass is 79.9. The van der Waals surface area contributed by atoms with Crippen molar-refractivity contribution >= 4 is 31.9 Å². The zero-order valence-electron chi connectivity index (χ0n) is 32.4. The Bertz CT molecular complexity index is 1590. The summed E-state index contributed by atoms with van der Waals surface area (Å²) in [5, 5.41) is 0. The van der Waals surface area contributed by atoms with Gasteiger partial charge in [0, 0.05) is 33.3 Å². The van der Waals surface area contributed by atoms with Crippen LogP contribution in [-0.2, 0) is 21.7 Å². The molecule has 0 saturated carbocycles. The van der Waals surface area contributed by atoms with Gasteiger partial charge in [-0.2, -0.15) is 0 Å². The van der Waals surface area contributed by atoms with Gasteiger partial charge < -0.3 is 0 Å². The van der Waals surface area contributed by atoms with Crippen molar-refractivity contribution in [3.05, 3.63) is 120 Å². The van der Waals surface area contributed by atoms with Crippen LogP contribution in [0.5, 0.6) is 0 Å². The number of hydrogen-bond acceptors (Lipinski definition) is 3. The van der Waals surface area contributed by atoms with Crippen LogP contribution in [-0.4, -0.2) is 15.0 Å². The lowest BCUT2D eigenvalue weighted by Gasteiger charge is -2.20. The topological polar surface area (TPSA) is 38.7 Å². The summed E-state index contributed by atoms with van der Waals surface area (Å²) in [4.78, 5) is 12.9. The van der Waals surface area contributed by atoms with Crippen LogP contribution in [0.4, 0.5) is 13.2 Å². The third-order valence-corrected chi connectivity index (χ3v) is 8.19. The van der Waals surface area contributed by atoms with E-state index in [1.54, 1.807) is 19.9 Å². The minimum Gasteiger partial charge on any atom is -0.257 e. The molecule has 3 nitrogen and oxygen atoms in total. The molecule has 0 saturated heterocycles. The average Bonchev–Trinajstić information content (AvgIpc) is 2.90. The zero-order chi connectivity index (χ0) is 38.3. The summed E-state index contributed by atoms with van der Waals surface area (Å²) in [7, 11) is 0. The summed E-state index contributed by atoms with van der Waals surface area (Å²) < 4.78 is 40.7. The number of rotatable bonds is 0. The van der Waals surface area contributed by atoms with Crippen LogP contribution in [0.2, 0.25) is 0 Å². The van der Waals surface area contributed by atoms with E-state index in [4.69, 9.17) is 0 Å². The zero-order valence-corrected chi connectivity index (χ0v) is 35.5. The molecule has 4 aromatic rings. The van der Waals surface area contributed by atoms with E-state index in [0.29, 0.717) is 4.60 Å². The number of aryl methyl sites for hydroxylation is 4. The summed E-state index contributed by atoms with van der Waals surface area (Å²) in [5.74, 6) is -0.567. The Morgan fingerprint density at radius 2 is 1.08 bits per heavy atom. The van der Waals surface area contributed by atoms with Crippen LogP contribution in [0.1, 0.15) is 128 Å². The van der Waals surface area contributed by atoms with E-state index in [1.165, 1.54) is 23.8 Å². The maximum Gasteiger partial charge on any atom is 0.156 e. The van der Waals surface area contributed by atoms with Gasteiger partial charge in [0.2, 0.25) is 0 Å². The van der Waals surface area contributed by atoms with Crippen molar-refractivity contribution in [1.82, 2.24) is 15.0 Å². The Kier molecular flexibility index (Phi) is 15.9. The van der Waals surface area contributed by atoms with Gasteiger partial charge in [0.25, 0.3) is 0 Å². The summed E-state index contributed by atoms with van der Waals surface area (Å²) in [6.07, 6.45) is 0. The van der Waals surface area contributed by atoms with Crippen molar-refractivity contribution in [3.8, 4) is 0 Å². The fraction of sp³-hybridized carbons (Fsp3) is 0.488. The number of aromatic nitrogens is 3. The lowest BCUT2D eigenvalue weighted by Crippen LogP contribution is -2.16. The Morgan fingerprint density at radius 3 is 1.51 bits per heavy atom. The summed E-state index contributed by atoms with van der Waals surface area (Å²) in [6.45, 7) is 32.4. The van der Waals surface area contributed by atoms with Crippen LogP contribution < -0.4 is 0 Å². The lowest BCUT2D eigenvalue weighted by atomic mass is 9.86. The molecule has 3 heterocycles. The standard InChI is InChI=1S/C11H15F.C10H13BrFN.C10H14BrN.C10H14FN/c1-8-6-5-7-9(10(8)12)11(2,3)4;1-6-5-7(12)9(11)13-8(6)10(2,3)4;1-7-5-8(10(2,3)4)12-9(11)6-7;1-7-5-8(11)6-9(12-7)10(2,3)4/h5-7H,1-4H3;5H,1-4H3;2*5-6H,1-4H3. The minimum absolute atomic E-state index is 0.0414. The number of hydrogen-bond donors (Lipinski definition) is 0. The van der Waals surface area contributed by atoms with Crippen LogP contribution in [0.25, 0.3) is 0 Å². The van der Waals surface area contributed by atoms with Crippen LogP contribution >= 0.6 is 31.9 Å². The molecule has 0 aliphatic heterocycles. The molecule has 0 aliphatic carbocycles. The van der Waals surface area contributed by atoms with Crippen molar-refractivity contribution in [1.29, 1.82) is 0 Å². The molecule has 0 amide bonds. The number of halogens is 5. The van der Waals surface area contributed by atoms with Gasteiger partial charge >= 0.3 is 0 Å². The Labute approximate surface area is 311 Å². The van der Waals surface area contributed by atoms with Crippen LogP contribution in [0.3, 0.4) is 0 Å². The molecule has 49 heavy (non-hydrogen) atoms. The molecular weight excluding hydrogens is 751 g/mol. The fourth-order valence-corrected chi connectivity index (χ4v) is 5.41. The van der Waals surface area contributed by atoms with E-state index in [9.17, 15) is 13.2 Å². The van der Waals surface area contributed by atoms with E-state index in [0.717, 1.165) is 44.1 Å². The molecule has 1 aromatic carbocycles. The predicted octanol–water partition coefficient (Wildman–Crippen LogP) is 13.3. The van der Waals surface area contributed by atoms with Gasteiger partial charge in [0.15, 0.2) is 5.82 Å². The monoisotopic (exact) mass is 805 g/mol. The highest BCUT2D eigenvalue weighted by Crippen LogP contribution is 2.28. The number of benzene rings is 1. The summed E-state index contributed by atoms with van der Waals surface area (Å²) >= 11 is 6.48. The molecule has 0 unspecified atom stereocenters. The molecule has 0 aliphatic rings. The van der Waals surface area contributed by atoms with Crippen molar-refractivity contribution in [3.63, 3.8) is 0 Å². The van der Waals surface area contributed by atoms with E-state index in [1.807, 2.05) is 66.7 Å². The lowest BCUT2D eigenvalue weighted by molar-refractivity contribution is 0.518. The highest BCUT2D eigenvalue weighted by Gasteiger charge is 2.21. The van der Waals surface area contributed by atoms with Gasteiger partial charge in [0.1, 0.15) is 20.8 Å². The normalized spacial score (nSPS) is 11.8.